The van der Waals surface area contributed by atoms with E-state index in [1.165, 1.54) is 5.56 Å². The Balaban J connectivity index is 1.56. The van der Waals surface area contributed by atoms with Crippen LogP contribution in [0.3, 0.4) is 0 Å². The lowest BCUT2D eigenvalue weighted by Crippen LogP contribution is -2.44. The summed E-state index contributed by atoms with van der Waals surface area (Å²) in [7, 11) is -3.77. The third-order valence-electron chi connectivity index (χ3n) is 7.89. The Morgan fingerprint density at radius 2 is 1.61 bits per heavy atom. The number of aryl methyl sites for hydroxylation is 2. The van der Waals surface area contributed by atoms with Crippen LogP contribution in [0.5, 0.6) is 0 Å². The molecule has 4 aromatic rings. The maximum absolute atomic E-state index is 14.2. The van der Waals surface area contributed by atoms with Crippen molar-refractivity contribution in [1.82, 2.24) is 14.3 Å². The molecule has 214 valence electrons. The SMILES string of the molecule is Cc1cccc2c1CN(S(=O)(=O)c1ccc(C(C)(C)C)cc1)CC(CCc1ccccc1)N2Cc1ncc(N)cn1. The molecule has 0 saturated carbocycles. The number of benzene rings is 3. The number of hydrogen-bond acceptors (Lipinski definition) is 6. The summed E-state index contributed by atoms with van der Waals surface area (Å²) in [6.07, 6.45) is 4.82. The van der Waals surface area contributed by atoms with Crippen LogP contribution in [0, 0.1) is 6.92 Å². The Hall–Kier alpha value is -3.75. The predicted octanol–water partition coefficient (Wildman–Crippen LogP) is 5.88. The first-order valence-corrected chi connectivity index (χ1v) is 15.5. The van der Waals surface area contributed by atoms with Crippen molar-refractivity contribution in [2.75, 3.05) is 17.2 Å². The number of nitrogens with zero attached hydrogens (tertiary/aromatic N) is 4. The predicted molar refractivity (Wildman–Crippen MR) is 165 cm³/mol. The Morgan fingerprint density at radius 3 is 2.27 bits per heavy atom. The average molecular weight is 570 g/mol. The normalized spacial score (nSPS) is 16.3. The van der Waals surface area contributed by atoms with E-state index in [-0.39, 0.29) is 11.5 Å². The van der Waals surface area contributed by atoms with Gasteiger partial charge in [-0.1, -0.05) is 75.4 Å². The van der Waals surface area contributed by atoms with Crippen LogP contribution in [-0.2, 0) is 34.9 Å². The fraction of sp³-hybridized carbons (Fsp3) is 0.333. The molecule has 0 saturated heterocycles. The van der Waals surface area contributed by atoms with Crippen molar-refractivity contribution >= 4 is 21.4 Å². The molecular formula is C33H39N5O2S. The van der Waals surface area contributed by atoms with Crippen LogP contribution in [0.15, 0.2) is 90.1 Å². The third-order valence-corrected chi connectivity index (χ3v) is 9.71. The maximum Gasteiger partial charge on any atom is 0.243 e. The zero-order valence-electron chi connectivity index (χ0n) is 24.3. The molecule has 1 atom stereocenters. The van der Waals surface area contributed by atoms with Gasteiger partial charge in [0.1, 0.15) is 5.82 Å². The summed E-state index contributed by atoms with van der Waals surface area (Å²) < 4.78 is 30.1. The van der Waals surface area contributed by atoms with E-state index in [0.29, 0.717) is 36.0 Å². The van der Waals surface area contributed by atoms with E-state index in [0.717, 1.165) is 35.2 Å². The lowest BCUT2D eigenvalue weighted by molar-refractivity contribution is 0.369. The molecule has 0 spiro atoms. The minimum atomic E-state index is -3.77. The first-order valence-electron chi connectivity index (χ1n) is 14.1. The number of nitrogens with two attached hydrogens (primary N) is 1. The van der Waals surface area contributed by atoms with Crippen molar-refractivity contribution in [2.45, 2.75) is 70.0 Å². The minimum Gasteiger partial charge on any atom is -0.396 e. The van der Waals surface area contributed by atoms with Crippen molar-refractivity contribution in [2.24, 2.45) is 0 Å². The van der Waals surface area contributed by atoms with E-state index in [1.807, 2.05) is 49.4 Å². The Bertz CT molecular complexity index is 1580. The van der Waals surface area contributed by atoms with E-state index >= 15 is 0 Å². The molecule has 1 aliphatic heterocycles. The molecule has 0 radical (unpaired) electrons. The highest BCUT2D eigenvalue weighted by Gasteiger charge is 2.35. The van der Waals surface area contributed by atoms with Gasteiger partial charge in [-0.2, -0.15) is 4.31 Å². The second kappa shape index (κ2) is 11.6. The van der Waals surface area contributed by atoms with Crippen LogP contribution in [0.1, 0.15) is 55.3 Å². The molecule has 1 aliphatic rings. The summed E-state index contributed by atoms with van der Waals surface area (Å²) >= 11 is 0. The second-order valence-corrected chi connectivity index (χ2v) is 13.8. The van der Waals surface area contributed by atoms with Gasteiger partial charge in [0.15, 0.2) is 0 Å². The summed E-state index contributed by atoms with van der Waals surface area (Å²) in [4.78, 5) is 11.6. The highest BCUT2D eigenvalue weighted by atomic mass is 32.2. The van der Waals surface area contributed by atoms with Crippen molar-refractivity contribution < 1.29 is 8.42 Å². The Labute approximate surface area is 244 Å². The molecular weight excluding hydrogens is 530 g/mol. The minimum absolute atomic E-state index is 0.0614. The van der Waals surface area contributed by atoms with E-state index in [2.05, 4.69) is 53.8 Å². The summed E-state index contributed by atoms with van der Waals surface area (Å²) in [6, 6.07) is 23.8. The molecule has 41 heavy (non-hydrogen) atoms. The molecule has 1 aromatic heterocycles. The van der Waals surface area contributed by atoms with Gasteiger partial charge in [0.2, 0.25) is 10.0 Å². The first kappa shape index (κ1) is 28.8. The van der Waals surface area contributed by atoms with E-state index in [9.17, 15) is 8.42 Å². The van der Waals surface area contributed by atoms with Crippen LogP contribution in [0.4, 0.5) is 11.4 Å². The molecule has 3 aromatic carbocycles. The van der Waals surface area contributed by atoms with Gasteiger partial charge >= 0.3 is 0 Å². The third kappa shape index (κ3) is 6.44. The molecule has 8 heteroatoms. The second-order valence-electron chi connectivity index (χ2n) is 11.9. The topological polar surface area (TPSA) is 92.4 Å². The molecule has 2 N–H and O–H groups in total. The van der Waals surface area contributed by atoms with Gasteiger partial charge < -0.3 is 10.6 Å². The van der Waals surface area contributed by atoms with Crippen molar-refractivity contribution in [3.05, 3.63) is 113 Å². The molecule has 5 rings (SSSR count). The molecule has 0 aliphatic carbocycles. The van der Waals surface area contributed by atoms with Gasteiger partial charge in [0.25, 0.3) is 0 Å². The highest BCUT2D eigenvalue weighted by Crippen LogP contribution is 2.35. The molecule has 0 amide bonds. The van der Waals surface area contributed by atoms with E-state index < -0.39 is 10.0 Å². The van der Waals surface area contributed by atoms with Gasteiger partial charge in [-0.25, -0.2) is 18.4 Å². The van der Waals surface area contributed by atoms with Gasteiger partial charge in [0.05, 0.1) is 29.5 Å². The van der Waals surface area contributed by atoms with Crippen molar-refractivity contribution in [3.63, 3.8) is 0 Å². The van der Waals surface area contributed by atoms with Crippen molar-refractivity contribution in [3.8, 4) is 0 Å². The standard InChI is InChI=1S/C33H39N5O2S/c1-24-9-8-12-31-30(24)22-37(41(39,40)29-17-14-26(15-18-29)33(2,3)4)21-28(16-13-25-10-6-5-7-11-25)38(31)23-32-35-19-27(34)20-36-32/h5-12,14-15,17-20,28H,13,16,21-23,34H2,1-4H3. The van der Waals surface area contributed by atoms with Crippen molar-refractivity contribution in [1.29, 1.82) is 0 Å². The maximum atomic E-state index is 14.2. The van der Waals surface area contributed by atoms with Gasteiger partial charge in [-0.05, 0) is 65.6 Å². The largest absolute Gasteiger partial charge is 0.396 e. The number of sulfonamides is 1. The van der Waals surface area contributed by atoms with Crippen LogP contribution in [-0.4, -0.2) is 35.3 Å². The monoisotopic (exact) mass is 569 g/mol. The van der Waals surface area contributed by atoms with Gasteiger partial charge in [-0.15, -0.1) is 0 Å². The number of rotatable bonds is 7. The average Bonchev–Trinajstić information content (AvgIpc) is 3.11. The summed E-state index contributed by atoms with van der Waals surface area (Å²) in [5.74, 6) is 0.644. The number of fused-ring (bicyclic) bond motifs is 1. The van der Waals surface area contributed by atoms with Crippen LogP contribution in [0.25, 0.3) is 0 Å². The molecule has 0 bridgehead atoms. The lowest BCUT2D eigenvalue weighted by atomic mass is 9.87. The van der Waals surface area contributed by atoms with Gasteiger partial charge in [-0.3, -0.25) is 0 Å². The lowest BCUT2D eigenvalue weighted by Gasteiger charge is -2.34. The van der Waals surface area contributed by atoms with Crippen LogP contribution in [0.2, 0.25) is 0 Å². The van der Waals surface area contributed by atoms with E-state index in [1.54, 1.807) is 28.8 Å². The fourth-order valence-electron chi connectivity index (χ4n) is 5.43. The Morgan fingerprint density at radius 1 is 0.927 bits per heavy atom. The molecule has 7 nitrogen and oxygen atoms in total. The summed E-state index contributed by atoms with van der Waals surface area (Å²) in [5, 5.41) is 0. The number of anilines is 2. The summed E-state index contributed by atoms with van der Waals surface area (Å²) in [5.41, 5.74) is 11.7. The van der Waals surface area contributed by atoms with Gasteiger partial charge in [0, 0.05) is 24.8 Å². The van der Waals surface area contributed by atoms with E-state index in [4.69, 9.17) is 5.73 Å². The number of hydrogen-bond donors (Lipinski definition) is 1. The zero-order chi connectivity index (χ0) is 29.2. The molecule has 0 fully saturated rings. The quantitative estimate of drug-likeness (QED) is 0.299. The first-order chi connectivity index (χ1) is 19.5. The fourth-order valence-corrected chi connectivity index (χ4v) is 6.88. The van der Waals surface area contributed by atoms with Crippen LogP contribution < -0.4 is 10.6 Å². The smallest absolute Gasteiger partial charge is 0.243 e. The Kier molecular flexibility index (Phi) is 8.16. The molecule has 1 unspecified atom stereocenters. The molecule has 2 heterocycles. The highest BCUT2D eigenvalue weighted by molar-refractivity contribution is 7.89. The summed E-state index contributed by atoms with van der Waals surface area (Å²) in [6.45, 7) is 9.52. The number of nitrogen functional groups attached to an aromatic ring is 1. The zero-order valence-corrected chi connectivity index (χ0v) is 25.1. The van der Waals surface area contributed by atoms with Crippen LogP contribution >= 0.6 is 0 Å². The number of aromatic nitrogens is 2.